The molecule has 0 aromatic heterocycles. The van der Waals surface area contributed by atoms with E-state index in [-0.39, 0.29) is 6.42 Å². The summed E-state index contributed by atoms with van der Waals surface area (Å²) in [5, 5.41) is 0. The molecule has 0 radical (unpaired) electrons. The number of carbonyl (C=O) groups excluding carboxylic acids is 3. The first-order chi connectivity index (χ1) is 10.6. The second-order valence-corrected chi connectivity index (χ2v) is 6.85. The zero-order valence-corrected chi connectivity index (χ0v) is 14.8. The maximum absolute atomic E-state index is 12.2. The van der Waals surface area contributed by atoms with Gasteiger partial charge in [0.25, 0.3) is 0 Å². The van der Waals surface area contributed by atoms with Gasteiger partial charge in [-0.1, -0.05) is 12.2 Å². The van der Waals surface area contributed by atoms with Crippen LogP contribution in [-0.2, 0) is 14.3 Å². The van der Waals surface area contributed by atoms with Crippen LogP contribution in [0.4, 0.5) is 4.79 Å². The molecule has 1 fully saturated rings. The molecule has 6 nitrogen and oxygen atoms in total. The SMILES string of the molecule is C/C=C\C1CCN(CCC(=O)N(C(C)=O)C(=O)OC(C)(C)C)C1. The van der Waals surface area contributed by atoms with Crippen molar-refractivity contribution >= 4 is 17.9 Å². The monoisotopic (exact) mass is 324 g/mol. The Morgan fingerprint density at radius 2 is 1.96 bits per heavy atom. The fourth-order valence-electron chi connectivity index (χ4n) is 2.57. The topological polar surface area (TPSA) is 66.9 Å². The highest BCUT2D eigenvalue weighted by atomic mass is 16.6. The summed E-state index contributed by atoms with van der Waals surface area (Å²) in [4.78, 5) is 38.7. The normalized spacial score (nSPS) is 19.1. The van der Waals surface area contributed by atoms with Crippen molar-refractivity contribution < 1.29 is 19.1 Å². The number of hydrogen-bond donors (Lipinski definition) is 0. The van der Waals surface area contributed by atoms with Gasteiger partial charge in [-0.2, -0.15) is 4.90 Å². The summed E-state index contributed by atoms with van der Waals surface area (Å²) in [6.45, 7) is 10.6. The molecule has 1 aliphatic heterocycles. The first-order valence-corrected chi connectivity index (χ1v) is 8.05. The number of hydrogen-bond acceptors (Lipinski definition) is 5. The van der Waals surface area contributed by atoms with Crippen LogP contribution in [0, 0.1) is 5.92 Å². The van der Waals surface area contributed by atoms with Gasteiger partial charge in [0.1, 0.15) is 5.60 Å². The van der Waals surface area contributed by atoms with Gasteiger partial charge in [-0.3, -0.25) is 9.59 Å². The van der Waals surface area contributed by atoms with Crippen LogP contribution in [0.5, 0.6) is 0 Å². The predicted octanol–water partition coefficient (Wildman–Crippen LogP) is 2.58. The number of carbonyl (C=O) groups is 3. The van der Waals surface area contributed by atoms with Crippen molar-refractivity contribution in [2.24, 2.45) is 5.92 Å². The summed E-state index contributed by atoms with van der Waals surface area (Å²) >= 11 is 0. The molecular weight excluding hydrogens is 296 g/mol. The lowest BCUT2D eigenvalue weighted by atomic mass is 10.1. The van der Waals surface area contributed by atoms with E-state index in [0.717, 1.165) is 19.5 Å². The highest BCUT2D eigenvalue weighted by molar-refractivity contribution is 6.08. The molecule has 0 bridgehead atoms. The van der Waals surface area contributed by atoms with E-state index < -0.39 is 23.5 Å². The van der Waals surface area contributed by atoms with Crippen LogP contribution in [0.3, 0.4) is 0 Å². The number of rotatable bonds is 4. The Kier molecular flexibility index (Phi) is 6.94. The Morgan fingerprint density at radius 3 is 2.48 bits per heavy atom. The molecule has 0 aliphatic carbocycles. The first-order valence-electron chi connectivity index (χ1n) is 8.05. The third-order valence-electron chi connectivity index (χ3n) is 3.56. The van der Waals surface area contributed by atoms with Crippen molar-refractivity contribution in [3.05, 3.63) is 12.2 Å². The van der Waals surface area contributed by atoms with E-state index in [1.54, 1.807) is 20.8 Å². The summed E-state index contributed by atoms with van der Waals surface area (Å²) in [5.74, 6) is -0.608. The molecular formula is C17H28N2O4. The van der Waals surface area contributed by atoms with E-state index in [2.05, 4.69) is 11.0 Å². The van der Waals surface area contributed by atoms with Crippen LogP contribution >= 0.6 is 0 Å². The minimum absolute atomic E-state index is 0.126. The van der Waals surface area contributed by atoms with Gasteiger partial charge >= 0.3 is 6.09 Å². The summed E-state index contributed by atoms with van der Waals surface area (Å²) < 4.78 is 5.13. The predicted molar refractivity (Wildman–Crippen MR) is 87.7 cm³/mol. The molecule has 0 saturated carbocycles. The van der Waals surface area contributed by atoms with Gasteiger partial charge in [-0.15, -0.1) is 0 Å². The van der Waals surface area contributed by atoms with Crippen LogP contribution in [0.1, 0.15) is 47.5 Å². The van der Waals surface area contributed by atoms with Crippen LogP contribution in [0.2, 0.25) is 0 Å². The Labute approximate surface area is 138 Å². The summed E-state index contributed by atoms with van der Waals surface area (Å²) in [5.41, 5.74) is -0.750. The van der Waals surface area contributed by atoms with Crippen molar-refractivity contribution in [3.8, 4) is 0 Å². The maximum Gasteiger partial charge on any atom is 0.424 e. The summed E-state index contributed by atoms with van der Waals surface area (Å²) in [6.07, 6.45) is 4.51. The largest absolute Gasteiger partial charge is 0.443 e. The Morgan fingerprint density at radius 1 is 1.30 bits per heavy atom. The third-order valence-corrected chi connectivity index (χ3v) is 3.56. The van der Waals surface area contributed by atoms with Gasteiger partial charge in [0.05, 0.1) is 0 Å². The second kappa shape index (κ2) is 8.24. The fraction of sp³-hybridized carbons (Fsp3) is 0.706. The van der Waals surface area contributed by atoms with Gasteiger partial charge < -0.3 is 9.64 Å². The molecule has 0 aromatic carbocycles. The van der Waals surface area contributed by atoms with Gasteiger partial charge in [-0.25, -0.2) is 4.79 Å². The van der Waals surface area contributed by atoms with Gasteiger partial charge in [0.15, 0.2) is 0 Å². The maximum atomic E-state index is 12.2. The van der Waals surface area contributed by atoms with Crippen molar-refractivity contribution in [2.75, 3.05) is 19.6 Å². The van der Waals surface area contributed by atoms with E-state index in [4.69, 9.17) is 4.74 Å². The zero-order chi connectivity index (χ0) is 17.6. The molecule has 1 atom stereocenters. The van der Waals surface area contributed by atoms with Crippen molar-refractivity contribution in [1.82, 2.24) is 9.80 Å². The van der Waals surface area contributed by atoms with Gasteiger partial charge in [0.2, 0.25) is 11.8 Å². The van der Waals surface area contributed by atoms with E-state index in [0.29, 0.717) is 17.4 Å². The van der Waals surface area contributed by atoms with Crippen molar-refractivity contribution in [2.45, 2.75) is 53.1 Å². The lowest BCUT2D eigenvalue weighted by Crippen LogP contribution is -2.44. The number of allylic oxidation sites excluding steroid dienone is 1. The molecule has 0 N–H and O–H groups in total. The highest BCUT2D eigenvalue weighted by Crippen LogP contribution is 2.18. The number of amides is 3. The number of likely N-dealkylation sites (tertiary alicyclic amines) is 1. The van der Waals surface area contributed by atoms with E-state index in [1.807, 2.05) is 13.0 Å². The average Bonchev–Trinajstić information content (AvgIpc) is 2.82. The summed E-state index contributed by atoms with van der Waals surface area (Å²) in [7, 11) is 0. The molecule has 6 heteroatoms. The second-order valence-electron chi connectivity index (χ2n) is 6.85. The third kappa shape index (κ3) is 6.52. The molecule has 130 valence electrons. The minimum atomic E-state index is -0.900. The van der Waals surface area contributed by atoms with Gasteiger partial charge in [-0.05, 0) is 46.6 Å². The van der Waals surface area contributed by atoms with Crippen molar-refractivity contribution in [3.63, 3.8) is 0 Å². The minimum Gasteiger partial charge on any atom is -0.443 e. The Balaban J connectivity index is 2.56. The average molecular weight is 324 g/mol. The van der Waals surface area contributed by atoms with E-state index in [9.17, 15) is 14.4 Å². The number of imide groups is 3. The molecule has 1 unspecified atom stereocenters. The molecule has 0 spiro atoms. The number of nitrogens with zero attached hydrogens (tertiary/aromatic N) is 2. The first kappa shape index (κ1) is 19.4. The Bertz CT molecular complexity index is 479. The van der Waals surface area contributed by atoms with E-state index in [1.165, 1.54) is 6.92 Å². The quantitative estimate of drug-likeness (QED) is 0.744. The zero-order valence-electron chi connectivity index (χ0n) is 14.8. The van der Waals surface area contributed by atoms with E-state index >= 15 is 0 Å². The summed E-state index contributed by atoms with van der Waals surface area (Å²) in [6, 6.07) is 0. The standard InChI is InChI=1S/C17H28N2O4/c1-6-7-14-8-10-18(12-14)11-9-15(21)19(13(2)20)16(22)23-17(3,4)5/h6-7,14H,8-12H2,1-5H3/b7-6-. The fourth-order valence-corrected chi connectivity index (χ4v) is 2.57. The highest BCUT2D eigenvalue weighted by Gasteiger charge is 2.31. The van der Waals surface area contributed by atoms with Crippen molar-refractivity contribution in [1.29, 1.82) is 0 Å². The Hall–Kier alpha value is -1.69. The number of ether oxygens (including phenoxy) is 1. The van der Waals surface area contributed by atoms with Crippen LogP contribution in [0.25, 0.3) is 0 Å². The lowest BCUT2D eigenvalue weighted by Gasteiger charge is -2.25. The van der Waals surface area contributed by atoms with Crippen LogP contribution in [-0.4, -0.2) is 52.9 Å². The van der Waals surface area contributed by atoms with Gasteiger partial charge in [0, 0.05) is 26.4 Å². The molecule has 1 heterocycles. The molecule has 3 amide bonds. The molecule has 1 saturated heterocycles. The molecule has 1 rings (SSSR count). The smallest absolute Gasteiger partial charge is 0.424 e. The lowest BCUT2D eigenvalue weighted by molar-refractivity contribution is -0.142. The van der Waals surface area contributed by atoms with Crippen LogP contribution < -0.4 is 0 Å². The molecule has 1 aliphatic rings. The molecule has 23 heavy (non-hydrogen) atoms. The van der Waals surface area contributed by atoms with Crippen LogP contribution in [0.15, 0.2) is 12.2 Å². The molecule has 0 aromatic rings.